The molecule has 4 nitrogen and oxygen atoms in total. The SMILES string of the molecule is O=C(Nc1ccc(Cl)c(O)c1)c1ccncc1Cl. The van der Waals surface area contributed by atoms with E-state index in [0.29, 0.717) is 11.3 Å². The Kier molecular flexibility index (Phi) is 3.69. The number of amides is 1. The molecule has 1 aromatic heterocycles. The number of hydrogen-bond acceptors (Lipinski definition) is 3. The zero-order chi connectivity index (χ0) is 13.1. The van der Waals surface area contributed by atoms with Gasteiger partial charge >= 0.3 is 0 Å². The Hall–Kier alpha value is -1.78. The highest BCUT2D eigenvalue weighted by Crippen LogP contribution is 2.26. The van der Waals surface area contributed by atoms with E-state index in [0.717, 1.165) is 0 Å². The molecule has 92 valence electrons. The van der Waals surface area contributed by atoms with Crippen molar-refractivity contribution in [2.75, 3.05) is 5.32 Å². The van der Waals surface area contributed by atoms with Gasteiger partial charge in [0.25, 0.3) is 5.91 Å². The van der Waals surface area contributed by atoms with Gasteiger partial charge in [-0.2, -0.15) is 0 Å². The molecule has 0 aliphatic carbocycles. The topological polar surface area (TPSA) is 62.2 Å². The predicted molar refractivity (Wildman–Crippen MR) is 70.3 cm³/mol. The monoisotopic (exact) mass is 282 g/mol. The van der Waals surface area contributed by atoms with Crippen molar-refractivity contribution in [2.24, 2.45) is 0 Å². The number of halogens is 2. The van der Waals surface area contributed by atoms with Crippen LogP contribution in [0.15, 0.2) is 36.7 Å². The third-order valence-corrected chi connectivity index (χ3v) is 2.84. The van der Waals surface area contributed by atoms with Crippen molar-refractivity contribution in [1.82, 2.24) is 4.98 Å². The van der Waals surface area contributed by atoms with Crippen LogP contribution in [0.3, 0.4) is 0 Å². The number of benzene rings is 1. The molecule has 1 amide bonds. The molecule has 1 heterocycles. The molecule has 0 spiro atoms. The lowest BCUT2D eigenvalue weighted by Crippen LogP contribution is -2.12. The molecule has 0 aliphatic rings. The zero-order valence-corrected chi connectivity index (χ0v) is 10.5. The molecule has 18 heavy (non-hydrogen) atoms. The van der Waals surface area contributed by atoms with E-state index in [1.807, 2.05) is 0 Å². The summed E-state index contributed by atoms with van der Waals surface area (Å²) >= 11 is 11.5. The van der Waals surface area contributed by atoms with Crippen LogP contribution >= 0.6 is 23.2 Å². The Morgan fingerprint density at radius 3 is 2.67 bits per heavy atom. The lowest BCUT2D eigenvalue weighted by molar-refractivity contribution is 0.102. The largest absolute Gasteiger partial charge is 0.506 e. The number of hydrogen-bond donors (Lipinski definition) is 2. The Labute approximate surface area is 113 Å². The van der Waals surface area contributed by atoms with Crippen molar-refractivity contribution in [3.8, 4) is 5.75 Å². The van der Waals surface area contributed by atoms with Gasteiger partial charge in [0.2, 0.25) is 0 Å². The van der Waals surface area contributed by atoms with Crippen LogP contribution in [0.4, 0.5) is 5.69 Å². The molecular formula is C12H8Cl2N2O2. The first-order valence-electron chi connectivity index (χ1n) is 4.97. The number of carbonyl (C=O) groups excluding carboxylic acids is 1. The number of carbonyl (C=O) groups is 1. The van der Waals surface area contributed by atoms with Crippen LogP contribution in [0.5, 0.6) is 5.75 Å². The predicted octanol–water partition coefficient (Wildman–Crippen LogP) is 3.35. The van der Waals surface area contributed by atoms with Crippen LogP contribution in [0, 0.1) is 0 Å². The molecule has 0 atom stereocenters. The summed E-state index contributed by atoms with van der Waals surface area (Å²) in [5, 5.41) is 12.5. The number of phenolic OH excluding ortho intramolecular Hbond substituents is 1. The number of rotatable bonds is 2. The van der Waals surface area contributed by atoms with Crippen LogP contribution in [-0.2, 0) is 0 Å². The van der Waals surface area contributed by atoms with Gasteiger partial charge in [0.1, 0.15) is 5.75 Å². The van der Waals surface area contributed by atoms with Crippen LogP contribution in [-0.4, -0.2) is 16.0 Å². The molecule has 1 aromatic carbocycles. The van der Waals surface area contributed by atoms with Crippen molar-refractivity contribution in [1.29, 1.82) is 0 Å². The Morgan fingerprint density at radius 1 is 1.22 bits per heavy atom. The maximum absolute atomic E-state index is 11.9. The van der Waals surface area contributed by atoms with Crippen molar-refractivity contribution in [3.05, 3.63) is 52.3 Å². The molecule has 2 rings (SSSR count). The smallest absolute Gasteiger partial charge is 0.257 e. The van der Waals surface area contributed by atoms with E-state index in [4.69, 9.17) is 23.2 Å². The maximum atomic E-state index is 11.9. The minimum Gasteiger partial charge on any atom is -0.506 e. The van der Waals surface area contributed by atoms with Gasteiger partial charge in [-0.05, 0) is 18.2 Å². The number of phenols is 1. The highest BCUT2D eigenvalue weighted by atomic mass is 35.5. The van der Waals surface area contributed by atoms with Crippen molar-refractivity contribution >= 4 is 34.8 Å². The van der Waals surface area contributed by atoms with Gasteiger partial charge in [-0.1, -0.05) is 23.2 Å². The lowest BCUT2D eigenvalue weighted by atomic mass is 10.2. The highest BCUT2D eigenvalue weighted by molar-refractivity contribution is 6.34. The van der Waals surface area contributed by atoms with Gasteiger partial charge in [0.15, 0.2) is 0 Å². The van der Waals surface area contributed by atoms with Crippen LogP contribution in [0.1, 0.15) is 10.4 Å². The van der Waals surface area contributed by atoms with Gasteiger partial charge in [-0.3, -0.25) is 9.78 Å². The molecule has 0 unspecified atom stereocenters. The zero-order valence-electron chi connectivity index (χ0n) is 9.02. The van der Waals surface area contributed by atoms with Gasteiger partial charge in [0, 0.05) is 24.1 Å². The first-order valence-corrected chi connectivity index (χ1v) is 5.73. The summed E-state index contributed by atoms with van der Waals surface area (Å²) < 4.78 is 0. The number of pyridine rings is 1. The van der Waals surface area contributed by atoms with Crippen LogP contribution < -0.4 is 5.32 Å². The fraction of sp³-hybridized carbons (Fsp3) is 0. The third kappa shape index (κ3) is 2.72. The molecule has 2 N–H and O–H groups in total. The number of nitrogens with one attached hydrogen (secondary N) is 1. The van der Waals surface area contributed by atoms with Gasteiger partial charge in [-0.15, -0.1) is 0 Å². The van der Waals surface area contributed by atoms with Crippen LogP contribution in [0.2, 0.25) is 10.0 Å². The van der Waals surface area contributed by atoms with Crippen LogP contribution in [0.25, 0.3) is 0 Å². The summed E-state index contributed by atoms with van der Waals surface area (Å²) in [4.78, 5) is 15.7. The first kappa shape index (κ1) is 12.7. The minimum absolute atomic E-state index is 0.102. The molecule has 0 radical (unpaired) electrons. The molecule has 0 aliphatic heterocycles. The van der Waals surface area contributed by atoms with Gasteiger partial charge in [0.05, 0.1) is 15.6 Å². The summed E-state index contributed by atoms with van der Waals surface area (Å²) in [6, 6.07) is 5.93. The fourth-order valence-electron chi connectivity index (χ4n) is 1.35. The van der Waals surface area contributed by atoms with Crippen molar-refractivity contribution < 1.29 is 9.90 Å². The van der Waals surface area contributed by atoms with Gasteiger partial charge in [-0.25, -0.2) is 0 Å². The number of aromatic nitrogens is 1. The van der Waals surface area contributed by atoms with Crippen molar-refractivity contribution in [3.63, 3.8) is 0 Å². The third-order valence-electron chi connectivity index (χ3n) is 2.22. The van der Waals surface area contributed by atoms with E-state index in [9.17, 15) is 9.90 Å². The molecule has 6 heteroatoms. The van der Waals surface area contributed by atoms with E-state index < -0.39 is 0 Å². The quantitative estimate of drug-likeness (QED) is 0.888. The summed E-state index contributed by atoms with van der Waals surface area (Å²) in [5.74, 6) is -0.487. The molecular weight excluding hydrogens is 275 g/mol. The average molecular weight is 283 g/mol. The fourth-order valence-corrected chi connectivity index (χ4v) is 1.67. The van der Waals surface area contributed by atoms with E-state index in [1.165, 1.54) is 30.6 Å². The number of aromatic hydroxyl groups is 1. The van der Waals surface area contributed by atoms with Crippen molar-refractivity contribution in [2.45, 2.75) is 0 Å². The molecule has 0 bridgehead atoms. The summed E-state index contributed by atoms with van der Waals surface area (Å²) in [5.41, 5.74) is 0.732. The van der Waals surface area contributed by atoms with E-state index in [-0.39, 0.29) is 21.7 Å². The Balaban J connectivity index is 2.22. The Morgan fingerprint density at radius 2 is 2.00 bits per heavy atom. The number of anilines is 1. The summed E-state index contributed by atoms with van der Waals surface area (Å²) in [6.07, 6.45) is 2.86. The summed E-state index contributed by atoms with van der Waals surface area (Å²) in [7, 11) is 0. The standard InChI is InChI=1S/C12H8Cl2N2O2/c13-9-2-1-7(5-11(9)17)16-12(18)8-3-4-15-6-10(8)14/h1-6,17H,(H,16,18). The number of nitrogens with zero attached hydrogens (tertiary/aromatic N) is 1. The second kappa shape index (κ2) is 5.25. The first-order chi connectivity index (χ1) is 8.58. The average Bonchev–Trinajstić information content (AvgIpc) is 2.34. The molecule has 0 saturated heterocycles. The maximum Gasteiger partial charge on any atom is 0.257 e. The van der Waals surface area contributed by atoms with E-state index in [2.05, 4.69) is 10.3 Å². The second-order valence-electron chi connectivity index (χ2n) is 3.48. The second-order valence-corrected chi connectivity index (χ2v) is 4.29. The molecule has 2 aromatic rings. The Bertz CT molecular complexity index is 602. The normalized spacial score (nSPS) is 10.1. The minimum atomic E-state index is -0.385. The molecule has 0 saturated carbocycles. The van der Waals surface area contributed by atoms with E-state index >= 15 is 0 Å². The lowest BCUT2D eigenvalue weighted by Gasteiger charge is -2.07. The highest BCUT2D eigenvalue weighted by Gasteiger charge is 2.10. The summed E-state index contributed by atoms with van der Waals surface area (Å²) in [6.45, 7) is 0. The van der Waals surface area contributed by atoms with E-state index in [1.54, 1.807) is 6.07 Å². The molecule has 0 fully saturated rings. The van der Waals surface area contributed by atoms with Gasteiger partial charge < -0.3 is 10.4 Å².